The van der Waals surface area contributed by atoms with Crippen LogP contribution in [-0.2, 0) is 4.74 Å². The lowest BCUT2D eigenvalue weighted by molar-refractivity contribution is 0.223. The summed E-state index contributed by atoms with van der Waals surface area (Å²) >= 11 is 0. The van der Waals surface area contributed by atoms with Crippen LogP contribution in [0.1, 0.15) is 32.6 Å². The topological polar surface area (TPSA) is 91.7 Å². The first-order valence-corrected chi connectivity index (χ1v) is 7.89. The zero-order valence-corrected chi connectivity index (χ0v) is 13.4. The fraction of sp³-hybridized carbons (Fsp3) is 0.333. The zero-order chi connectivity index (χ0) is 16.7. The van der Waals surface area contributed by atoms with E-state index in [9.17, 15) is 5.11 Å². The lowest BCUT2D eigenvalue weighted by Crippen LogP contribution is -2.19. The number of nitrogens with one attached hydrogen (secondary N) is 1. The summed E-state index contributed by atoms with van der Waals surface area (Å²) in [5.74, 6) is 0.683. The van der Waals surface area contributed by atoms with Gasteiger partial charge in [0.1, 0.15) is 11.5 Å². The highest BCUT2D eigenvalue weighted by atomic mass is 16.5. The van der Waals surface area contributed by atoms with Crippen molar-refractivity contribution in [3.63, 3.8) is 0 Å². The molecule has 0 heterocycles. The number of benzene rings is 1. The molecule has 0 radical (unpaired) electrons. The SMILES string of the molecule is CCCCCCOC1=C/C(=N/c2ccc(O)cc2)C(N)=CC1=N. The van der Waals surface area contributed by atoms with E-state index in [0.717, 1.165) is 12.8 Å². The van der Waals surface area contributed by atoms with Crippen molar-refractivity contribution in [2.45, 2.75) is 32.6 Å². The number of hydrogen-bond donors (Lipinski definition) is 3. The maximum absolute atomic E-state index is 9.31. The van der Waals surface area contributed by atoms with Gasteiger partial charge in [0.25, 0.3) is 0 Å². The molecular weight excluding hydrogens is 290 g/mol. The van der Waals surface area contributed by atoms with Crippen LogP contribution in [0.2, 0.25) is 0 Å². The molecule has 0 bridgehead atoms. The monoisotopic (exact) mass is 313 g/mol. The van der Waals surface area contributed by atoms with Crippen molar-refractivity contribution in [1.29, 1.82) is 5.41 Å². The Labute approximate surface area is 136 Å². The summed E-state index contributed by atoms with van der Waals surface area (Å²) < 4.78 is 5.69. The minimum atomic E-state index is 0.189. The van der Waals surface area contributed by atoms with Crippen LogP contribution in [0.4, 0.5) is 5.69 Å². The molecule has 0 aliphatic heterocycles. The van der Waals surface area contributed by atoms with Gasteiger partial charge in [-0.3, -0.25) is 5.41 Å². The van der Waals surface area contributed by atoms with Crippen molar-refractivity contribution in [2.75, 3.05) is 6.61 Å². The average Bonchev–Trinajstić information content (AvgIpc) is 2.53. The lowest BCUT2D eigenvalue weighted by atomic mass is 10.1. The smallest absolute Gasteiger partial charge is 0.146 e. The first-order valence-electron chi connectivity index (χ1n) is 7.89. The minimum Gasteiger partial charge on any atom is -0.508 e. The number of ether oxygens (including phenoxy) is 1. The maximum atomic E-state index is 9.31. The van der Waals surface area contributed by atoms with Gasteiger partial charge < -0.3 is 15.6 Å². The fourth-order valence-electron chi connectivity index (χ4n) is 2.18. The number of unbranched alkanes of at least 4 members (excludes halogenated alkanes) is 3. The van der Waals surface area contributed by atoms with Crippen molar-refractivity contribution in [2.24, 2.45) is 10.7 Å². The first kappa shape index (κ1) is 16.8. The highest BCUT2D eigenvalue weighted by Crippen LogP contribution is 2.20. The number of phenolic OH excluding ortho intramolecular Hbond substituents is 1. The molecule has 0 spiro atoms. The molecule has 0 atom stereocenters. The average molecular weight is 313 g/mol. The molecule has 0 saturated heterocycles. The Morgan fingerprint density at radius 1 is 1.13 bits per heavy atom. The first-order chi connectivity index (χ1) is 11.1. The molecule has 5 heteroatoms. The van der Waals surface area contributed by atoms with Gasteiger partial charge in [0, 0.05) is 6.08 Å². The number of aromatic hydroxyl groups is 1. The molecule has 0 saturated carbocycles. The summed E-state index contributed by atoms with van der Waals surface area (Å²) in [7, 11) is 0. The summed E-state index contributed by atoms with van der Waals surface area (Å²) in [5, 5.41) is 17.3. The van der Waals surface area contributed by atoms with Crippen molar-refractivity contribution >= 4 is 17.1 Å². The molecule has 23 heavy (non-hydrogen) atoms. The third-order valence-corrected chi connectivity index (χ3v) is 3.48. The molecule has 1 aromatic carbocycles. The van der Waals surface area contributed by atoms with Crippen LogP contribution in [0.15, 0.2) is 52.9 Å². The van der Waals surface area contributed by atoms with Crippen LogP contribution in [0.3, 0.4) is 0 Å². The largest absolute Gasteiger partial charge is 0.508 e. The standard InChI is InChI=1S/C18H23N3O2/c1-2-3-4-5-10-23-18-12-17(15(19)11-16(18)20)21-13-6-8-14(22)9-7-13/h6-9,11-12,20,22H,2-5,10,19H2,1H3/b20-16?,21-17-. The number of rotatable bonds is 7. The summed E-state index contributed by atoms with van der Waals surface area (Å²) in [6.45, 7) is 2.76. The fourth-order valence-corrected chi connectivity index (χ4v) is 2.18. The highest BCUT2D eigenvalue weighted by molar-refractivity contribution is 6.22. The summed E-state index contributed by atoms with van der Waals surface area (Å²) in [5.41, 5.74) is 7.89. The number of nitrogens with two attached hydrogens (primary N) is 1. The van der Waals surface area contributed by atoms with Crippen molar-refractivity contribution in [3.05, 3.63) is 47.9 Å². The van der Waals surface area contributed by atoms with Crippen LogP contribution in [0.25, 0.3) is 0 Å². The maximum Gasteiger partial charge on any atom is 0.146 e. The van der Waals surface area contributed by atoms with E-state index in [4.69, 9.17) is 15.9 Å². The summed E-state index contributed by atoms with van der Waals surface area (Å²) in [6, 6.07) is 6.54. The predicted molar refractivity (Wildman–Crippen MR) is 93.4 cm³/mol. The van der Waals surface area contributed by atoms with E-state index < -0.39 is 0 Å². The number of nitrogens with zero attached hydrogens (tertiary/aromatic N) is 1. The van der Waals surface area contributed by atoms with E-state index in [1.165, 1.54) is 12.8 Å². The quantitative estimate of drug-likeness (QED) is 0.528. The van der Waals surface area contributed by atoms with E-state index in [0.29, 0.717) is 29.5 Å². The Morgan fingerprint density at radius 2 is 1.87 bits per heavy atom. The lowest BCUT2D eigenvalue weighted by Gasteiger charge is -2.15. The predicted octanol–water partition coefficient (Wildman–Crippen LogP) is 3.82. The minimum absolute atomic E-state index is 0.189. The van der Waals surface area contributed by atoms with Gasteiger partial charge in [-0.1, -0.05) is 26.2 Å². The van der Waals surface area contributed by atoms with Gasteiger partial charge in [0.05, 0.1) is 29.4 Å². The Morgan fingerprint density at radius 3 is 2.57 bits per heavy atom. The summed E-state index contributed by atoms with van der Waals surface area (Å²) in [6.07, 6.45) is 7.73. The van der Waals surface area contributed by atoms with Crippen molar-refractivity contribution in [1.82, 2.24) is 0 Å². The second-order valence-corrected chi connectivity index (χ2v) is 5.44. The van der Waals surface area contributed by atoms with Crippen molar-refractivity contribution in [3.8, 4) is 5.75 Å². The molecule has 1 aromatic rings. The molecule has 1 aliphatic carbocycles. The third-order valence-electron chi connectivity index (χ3n) is 3.48. The van der Waals surface area contributed by atoms with Gasteiger partial charge in [0.15, 0.2) is 0 Å². The van der Waals surface area contributed by atoms with E-state index in [1.807, 2.05) is 0 Å². The molecule has 5 nitrogen and oxygen atoms in total. The number of phenols is 1. The second kappa shape index (κ2) is 8.17. The van der Waals surface area contributed by atoms with Crippen LogP contribution in [0.5, 0.6) is 5.75 Å². The molecule has 0 unspecified atom stereocenters. The Bertz CT molecular complexity index is 643. The normalized spacial score (nSPS) is 16.2. The molecule has 2 rings (SSSR count). The van der Waals surface area contributed by atoms with Gasteiger partial charge >= 0.3 is 0 Å². The molecule has 4 N–H and O–H groups in total. The van der Waals surface area contributed by atoms with Crippen LogP contribution >= 0.6 is 0 Å². The molecule has 1 aliphatic rings. The molecule has 122 valence electrons. The Kier molecular flexibility index (Phi) is 5.97. The van der Waals surface area contributed by atoms with Gasteiger partial charge in [-0.05, 0) is 36.8 Å². The molecule has 0 aromatic heterocycles. The number of hydrogen-bond acceptors (Lipinski definition) is 5. The van der Waals surface area contributed by atoms with Crippen LogP contribution in [-0.4, -0.2) is 23.1 Å². The van der Waals surface area contributed by atoms with Gasteiger partial charge in [-0.2, -0.15) is 0 Å². The van der Waals surface area contributed by atoms with Gasteiger partial charge in [0.2, 0.25) is 0 Å². The molecule has 0 amide bonds. The number of aliphatic imine (C=N–C) groups is 1. The Balaban J connectivity index is 2.07. The van der Waals surface area contributed by atoms with Crippen LogP contribution in [0, 0.1) is 5.41 Å². The third kappa shape index (κ3) is 4.98. The Hall–Kier alpha value is -2.56. The summed E-state index contributed by atoms with van der Waals surface area (Å²) in [4.78, 5) is 4.44. The van der Waals surface area contributed by atoms with E-state index in [-0.39, 0.29) is 11.5 Å². The highest BCUT2D eigenvalue weighted by Gasteiger charge is 2.15. The van der Waals surface area contributed by atoms with E-state index in [2.05, 4.69) is 11.9 Å². The van der Waals surface area contributed by atoms with E-state index in [1.54, 1.807) is 36.4 Å². The van der Waals surface area contributed by atoms with Crippen LogP contribution < -0.4 is 5.73 Å². The second-order valence-electron chi connectivity index (χ2n) is 5.44. The zero-order valence-electron chi connectivity index (χ0n) is 13.4. The molecular formula is C18H23N3O2. The van der Waals surface area contributed by atoms with Gasteiger partial charge in [-0.15, -0.1) is 0 Å². The molecule has 0 fully saturated rings. The van der Waals surface area contributed by atoms with Gasteiger partial charge in [-0.25, -0.2) is 4.99 Å². The van der Waals surface area contributed by atoms with E-state index >= 15 is 0 Å². The van der Waals surface area contributed by atoms with Crippen molar-refractivity contribution < 1.29 is 9.84 Å². The number of allylic oxidation sites excluding steroid dienone is 2.